The van der Waals surface area contributed by atoms with Crippen molar-refractivity contribution in [1.82, 2.24) is 4.90 Å². The van der Waals surface area contributed by atoms with Crippen LogP contribution < -0.4 is 4.90 Å². The molecule has 0 saturated carbocycles. The smallest absolute Gasteiger partial charge is 0.0642 e. The Morgan fingerprint density at radius 2 is 1.77 bits per heavy atom. The lowest BCUT2D eigenvalue weighted by Gasteiger charge is -2.38. The van der Waals surface area contributed by atoms with Gasteiger partial charge in [-0.3, -0.25) is 4.90 Å². The van der Waals surface area contributed by atoms with Crippen LogP contribution in [-0.4, -0.2) is 37.7 Å². The van der Waals surface area contributed by atoms with Crippen molar-refractivity contribution in [3.8, 4) is 0 Å². The minimum absolute atomic E-state index is 0.572. The Labute approximate surface area is 156 Å². The molecule has 0 spiro atoms. The Morgan fingerprint density at radius 3 is 2.58 bits per heavy atom. The van der Waals surface area contributed by atoms with Gasteiger partial charge in [0.1, 0.15) is 0 Å². The van der Waals surface area contributed by atoms with E-state index in [1.807, 2.05) is 0 Å². The molecular weight excluding hydrogens is 320 g/mol. The Hall–Kier alpha value is -1.84. The number of anilines is 1. The second kappa shape index (κ2) is 6.71. The van der Waals surface area contributed by atoms with Gasteiger partial charge in [0.05, 0.1) is 13.2 Å². The van der Waals surface area contributed by atoms with Gasteiger partial charge in [-0.05, 0) is 53.6 Å². The highest BCUT2D eigenvalue weighted by atomic mass is 16.5. The molecule has 1 aliphatic carbocycles. The van der Waals surface area contributed by atoms with Crippen LogP contribution in [0.2, 0.25) is 0 Å². The topological polar surface area (TPSA) is 15.7 Å². The first kappa shape index (κ1) is 16.3. The molecule has 136 valence electrons. The summed E-state index contributed by atoms with van der Waals surface area (Å²) in [6, 6.07) is 18.8. The van der Waals surface area contributed by atoms with E-state index in [9.17, 15) is 0 Å². The van der Waals surface area contributed by atoms with Gasteiger partial charge in [0.2, 0.25) is 0 Å². The van der Waals surface area contributed by atoms with Crippen LogP contribution in [0.4, 0.5) is 5.69 Å². The summed E-state index contributed by atoms with van der Waals surface area (Å²) in [6.45, 7) is 8.46. The third-order valence-electron chi connectivity index (χ3n) is 6.65. The van der Waals surface area contributed by atoms with E-state index < -0.39 is 0 Å². The van der Waals surface area contributed by atoms with Gasteiger partial charge < -0.3 is 9.64 Å². The SMILES string of the molecule is C[C@H]1C2CCN(Cc3ccccc3)C1c1ccc(N3CCOCC3)cc12. The number of nitrogens with zero attached hydrogens (tertiary/aromatic N) is 2. The third kappa shape index (κ3) is 2.74. The molecule has 3 atom stereocenters. The average molecular weight is 348 g/mol. The molecule has 0 amide bonds. The lowest BCUT2D eigenvalue weighted by Crippen LogP contribution is -2.36. The minimum Gasteiger partial charge on any atom is -0.378 e. The Morgan fingerprint density at radius 1 is 0.962 bits per heavy atom. The molecular formula is C23H28N2O. The van der Waals surface area contributed by atoms with Gasteiger partial charge in [-0.2, -0.15) is 0 Å². The summed E-state index contributed by atoms with van der Waals surface area (Å²) in [7, 11) is 0. The molecule has 2 bridgehead atoms. The molecule has 5 rings (SSSR count). The van der Waals surface area contributed by atoms with Crippen molar-refractivity contribution in [3.05, 3.63) is 65.2 Å². The fraction of sp³-hybridized carbons (Fsp3) is 0.478. The van der Waals surface area contributed by atoms with Crippen molar-refractivity contribution in [2.24, 2.45) is 5.92 Å². The van der Waals surface area contributed by atoms with E-state index in [0.717, 1.165) is 38.8 Å². The highest BCUT2D eigenvalue weighted by molar-refractivity contribution is 5.55. The molecule has 2 unspecified atom stereocenters. The normalized spacial score (nSPS) is 28.2. The highest BCUT2D eigenvalue weighted by Crippen LogP contribution is 2.53. The van der Waals surface area contributed by atoms with Crippen LogP contribution in [0.25, 0.3) is 0 Å². The lowest BCUT2D eigenvalue weighted by atomic mass is 9.85. The summed E-state index contributed by atoms with van der Waals surface area (Å²) in [6.07, 6.45) is 1.28. The highest BCUT2D eigenvalue weighted by Gasteiger charge is 2.44. The van der Waals surface area contributed by atoms with Crippen LogP contribution in [0.3, 0.4) is 0 Å². The van der Waals surface area contributed by atoms with Gasteiger partial charge in [0, 0.05) is 31.4 Å². The average Bonchev–Trinajstić information content (AvgIpc) is 2.86. The zero-order chi connectivity index (χ0) is 17.5. The molecule has 0 radical (unpaired) electrons. The van der Waals surface area contributed by atoms with Crippen LogP contribution in [-0.2, 0) is 11.3 Å². The minimum atomic E-state index is 0.572. The third-order valence-corrected chi connectivity index (χ3v) is 6.65. The van der Waals surface area contributed by atoms with E-state index in [1.165, 1.54) is 24.2 Å². The summed E-state index contributed by atoms with van der Waals surface area (Å²) in [5.74, 6) is 1.44. The van der Waals surface area contributed by atoms with E-state index >= 15 is 0 Å². The van der Waals surface area contributed by atoms with Gasteiger partial charge in [-0.25, -0.2) is 0 Å². The number of fused-ring (bicyclic) bond motifs is 5. The number of likely N-dealkylation sites (tertiary alicyclic amines) is 1. The van der Waals surface area contributed by atoms with Gasteiger partial charge in [0.15, 0.2) is 0 Å². The van der Waals surface area contributed by atoms with Gasteiger partial charge in [-0.15, -0.1) is 0 Å². The quantitative estimate of drug-likeness (QED) is 0.827. The van der Waals surface area contributed by atoms with Crippen LogP contribution in [0.1, 0.15) is 42.0 Å². The van der Waals surface area contributed by atoms with Crippen molar-refractivity contribution in [3.63, 3.8) is 0 Å². The number of hydrogen-bond acceptors (Lipinski definition) is 3. The summed E-state index contributed by atoms with van der Waals surface area (Å²) in [4.78, 5) is 5.19. The number of ether oxygens (including phenoxy) is 1. The first-order chi connectivity index (χ1) is 12.8. The number of benzene rings is 2. The molecule has 3 aliphatic rings. The van der Waals surface area contributed by atoms with Crippen molar-refractivity contribution in [1.29, 1.82) is 0 Å². The van der Waals surface area contributed by atoms with Gasteiger partial charge >= 0.3 is 0 Å². The fourth-order valence-corrected chi connectivity index (χ4v) is 5.34. The summed E-state index contributed by atoms with van der Waals surface area (Å²) in [5, 5.41) is 0. The van der Waals surface area contributed by atoms with E-state index in [0.29, 0.717) is 12.0 Å². The van der Waals surface area contributed by atoms with Crippen molar-refractivity contribution >= 4 is 5.69 Å². The molecule has 2 fully saturated rings. The molecule has 2 aliphatic heterocycles. The number of piperidine rings is 1. The first-order valence-electron chi connectivity index (χ1n) is 10.1. The maximum atomic E-state index is 5.52. The largest absolute Gasteiger partial charge is 0.378 e. The Bertz CT molecular complexity index is 769. The predicted octanol–water partition coefficient (Wildman–Crippen LogP) is 4.20. The number of rotatable bonds is 3. The zero-order valence-corrected chi connectivity index (χ0v) is 15.6. The standard InChI is InChI=1S/C23H28N2O/c1-17-20-9-10-25(16-18-5-3-2-4-6-18)23(17)21-8-7-19(15-22(20)21)24-11-13-26-14-12-24/h2-8,15,17,20,23H,9-14,16H2,1H3/t17-,20?,23?/m0/s1. The van der Waals surface area contributed by atoms with Crippen LogP contribution in [0.15, 0.2) is 48.5 Å². The first-order valence-corrected chi connectivity index (χ1v) is 10.1. The number of morpholine rings is 1. The fourth-order valence-electron chi connectivity index (χ4n) is 5.34. The zero-order valence-electron chi connectivity index (χ0n) is 15.6. The maximum absolute atomic E-state index is 5.52. The van der Waals surface area contributed by atoms with E-state index in [-0.39, 0.29) is 0 Å². The number of hydrogen-bond donors (Lipinski definition) is 0. The molecule has 0 N–H and O–H groups in total. The van der Waals surface area contributed by atoms with Crippen LogP contribution >= 0.6 is 0 Å². The summed E-state index contributed by atoms with van der Waals surface area (Å²) < 4.78 is 5.52. The molecule has 3 heteroatoms. The van der Waals surface area contributed by atoms with Crippen molar-refractivity contribution in [2.45, 2.75) is 31.8 Å². The molecule has 3 nitrogen and oxygen atoms in total. The van der Waals surface area contributed by atoms with Gasteiger partial charge in [-0.1, -0.05) is 43.3 Å². The second-order valence-corrected chi connectivity index (χ2v) is 8.07. The Kier molecular flexibility index (Phi) is 4.22. The second-order valence-electron chi connectivity index (χ2n) is 8.07. The van der Waals surface area contributed by atoms with Crippen LogP contribution in [0.5, 0.6) is 0 Å². The molecule has 2 saturated heterocycles. The molecule has 0 aromatic heterocycles. The molecule has 2 heterocycles. The summed E-state index contributed by atoms with van der Waals surface area (Å²) in [5.41, 5.74) is 6.01. The maximum Gasteiger partial charge on any atom is 0.0642 e. The monoisotopic (exact) mass is 348 g/mol. The molecule has 2 aromatic rings. The van der Waals surface area contributed by atoms with Crippen molar-refractivity contribution < 1.29 is 4.74 Å². The van der Waals surface area contributed by atoms with E-state index in [2.05, 4.69) is 65.3 Å². The summed E-state index contributed by atoms with van der Waals surface area (Å²) >= 11 is 0. The van der Waals surface area contributed by atoms with Gasteiger partial charge in [0.25, 0.3) is 0 Å². The van der Waals surface area contributed by atoms with E-state index in [1.54, 1.807) is 11.1 Å². The molecule has 26 heavy (non-hydrogen) atoms. The van der Waals surface area contributed by atoms with Crippen LogP contribution in [0, 0.1) is 5.92 Å². The molecule has 2 aromatic carbocycles. The predicted molar refractivity (Wildman–Crippen MR) is 106 cm³/mol. The lowest BCUT2D eigenvalue weighted by molar-refractivity contribution is 0.0963. The Balaban J connectivity index is 1.44. The van der Waals surface area contributed by atoms with E-state index in [4.69, 9.17) is 4.74 Å². The van der Waals surface area contributed by atoms with Crippen molar-refractivity contribution in [2.75, 3.05) is 37.7 Å².